The lowest BCUT2D eigenvalue weighted by Crippen LogP contribution is -2.51. The van der Waals surface area contributed by atoms with Crippen molar-refractivity contribution in [1.82, 2.24) is 10.6 Å². The Kier molecular flexibility index (Phi) is 6.24. The highest BCUT2D eigenvalue weighted by atomic mass is 79.9. The fourth-order valence-corrected chi connectivity index (χ4v) is 3.43. The molecule has 2 rings (SSSR count). The van der Waals surface area contributed by atoms with Crippen LogP contribution in [0.5, 0.6) is 0 Å². The van der Waals surface area contributed by atoms with E-state index in [1.165, 1.54) is 24.8 Å². The molecule has 0 bridgehead atoms. The van der Waals surface area contributed by atoms with Crippen LogP contribution in [0.2, 0.25) is 0 Å². The molecule has 0 aromatic heterocycles. The molecule has 0 saturated heterocycles. The smallest absolute Gasteiger partial charge is 0.221 e. The largest absolute Gasteiger partial charge is 0.350 e. The van der Waals surface area contributed by atoms with E-state index in [4.69, 9.17) is 0 Å². The Morgan fingerprint density at radius 3 is 2.48 bits per heavy atom. The van der Waals surface area contributed by atoms with Gasteiger partial charge < -0.3 is 10.6 Å². The fourth-order valence-electron chi connectivity index (χ4n) is 3.16. The molecule has 1 aliphatic rings. The molecule has 21 heavy (non-hydrogen) atoms. The molecule has 4 heteroatoms. The Hall–Kier alpha value is -0.870. The van der Waals surface area contributed by atoms with Gasteiger partial charge in [0.1, 0.15) is 0 Å². The van der Waals surface area contributed by atoms with E-state index in [-0.39, 0.29) is 11.4 Å². The minimum atomic E-state index is -0.0447. The average Bonchev–Trinajstić information content (AvgIpc) is 2.48. The molecule has 0 spiro atoms. The molecule has 0 atom stereocenters. The van der Waals surface area contributed by atoms with Crippen LogP contribution in [0.25, 0.3) is 0 Å². The van der Waals surface area contributed by atoms with E-state index >= 15 is 0 Å². The van der Waals surface area contributed by atoms with Crippen molar-refractivity contribution in [3.05, 3.63) is 34.3 Å². The van der Waals surface area contributed by atoms with E-state index in [0.717, 1.165) is 30.3 Å². The topological polar surface area (TPSA) is 41.1 Å². The molecule has 0 radical (unpaired) electrons. The summed E-state index contributed by atoms with van der Waals surface area (Å²) in [5.41, 5.74) is 1.26. The van der Waals surface area contributed by atoms with Crippen LogP contribution in [0.3, 0.4) is 0 Å². The zero-order valence-corrected chi connectivity index (χ0v) is 14.3. The molecule has 3 nitrogen and oxygen atoms in total. The van der Waals surface area contributed by atoms with Gasteiger partial charge in [-0.15, -0.1) is 0 Å². The Balaban J connectivity index is 2.05. The van der Waals surface area contributed by atoms with Crippen LogP contribution >= 0.6 is 15.9 Å². The summed E-state index contributed by atoms with van der Waals surface area (Å²) in [7, 11) is 1.88. The number of halogens is 1. The fraction of sp³-hybridized carbons (Fsp3) is 0.588. The Morgan fingerprint density at radius 2 is 1.86 bits per heavy atom. The highest BCUT2D eigenvalue weighted by Gasteiger charge is 2.33. The first-order valence-corrected chi connectivity index (χ1v) is 8.63. The molecular weight excluding hydrogens is 328 g/mol. The summed E-state index contributed by atoms with van der Waals surface area (Å²) in [6.45, 7) is 0.736. The third kappa shape index (κ3) is 5.11. The number of hydrogen-bond donors (Lipinski definition) is 2. The van der Waals surface area contributed by atoms with Gasteiger partial charge in [0.05, 0.1) is 0 Å². The van der Waals surface area contributed by atoms with Crippen molar-refractivity contribution in [2.75, 3.05) is 13.6 Å². The number of nitrogens with one attached hydrogen (secondary N) is 2. The molecular formula is C17H25BrN2O. The van der Waals surface area contributed by atoms with Crippen LogP contribution in [-0.2, 0) is 11.2 Å². The number of hydrogen-bond acceptors (Lipinski definition) is 2. The van der Waals surface area contributed by atoms with E-state index in [0.29, 0.717) is 6.42 Å². The maximum absolute atomic E-state index is 12.2. The standard InChI is InChI=1S/C17H25BrN2O/c1-19-12-9-16(21)20-17(10-3-2-4-11-17)13-14-5-7-15(18)8-6-14/h5-8,19H,2-4,9-13H2,1H3,(H,20,21). The average molecular weight is 353 g/mol. The van der Waals surface area contributed by atoms with Crippen LogP contribution in [0, 0.1) is 0 Å². The molecule has 0 unspecified atom stereocenters. The van der Waals surface area contributed by atoms with Crippen molar-refractivity contribution < 1.29 is 4.79 Å². The van der Waals surface area contributed by atoms with Crippen molar-refractivity contribution in [2.45, 2.75) is 50.5 Å². The predicted molar refractivity (Wildman–Crippen MR) is 90.3 cm³/mol. The molecule has 1 amide bonds. The van der Waals surface area contributed by atoms with Gasteiger partial charge in [-0.05, 0) is 44.0 Å². The van der Waals surface area contributed by atoms with E-state index in [1.807, 2.05) is 7.05 Å². The molecule has 1 aliphatic carbocycles. The van der Waals surface area contributed by atoms with Crippen LogP contribution < -0.4 is 10.6 Å². The van der Waals surface area contributed by atoms with Gasteiger partial charge in [-0.2, -0.15) is 0 Å². The summed E-state index contributed by atoms with van der Waals surface area (Å²) in [6.07, 6.45) is 7.38. The molecule has 1 aromatic rings. The normalized spacial score (nSPS) is 17.4. The maximum atomic E-state index is 12.2. The Morgan fingerprint density at radius 1 is 1.19 bits per heavy atom. The number of carbonyl (C=O) groups is 1. The van der Waals surface area contributed by atoms with Gasteiger partial charge in [0.25, 0.3) is 0 Å². The van der Waals surface area contributed by atoms with Gasteiger partial charge in [0.2, 0.25) is 5.91 Å². The van der Waals surface area contributed by atoms with Gasteiger partial charge in [-0.1, -0.05) is 47.3 Å². The quantitative estimate of drug-likeness (QED) is 0.823. The molecule has 1 aromatic carbocycles. The minimum Gasteiger partial charge on any atom is -0.350 e. The van der Waals surface area contributed by atoms with Crippen molar-refractivity contribution >= 4 is 21.8 Å². The number of carbonyl (C=O) groups excluding carboxylic acids is 1. The van der Waals surface area contributed by atoms with Gasteiger partial charge in [-0.25, -0.2) is 0 Å². The van der Waals surface area contributed by atoms with E-state index < -0.39 is 0 Å². The zero-order valence-electron chi connectivity index (χ0n) is 12.8. The Labute approximate surface area is 136 Å². The molecule has 1 saturated carbocycles. The minimum absolute atomic E-state index is 0.0447. The first kappa shape index (κ1) is 16.5. The zero-order chi connectivity index (χ0) is 15.1. The van der Waals surface area contributed by atoms with E-state index in [1.54, 1.807) is 0 Å². The van der Waals surface area contributed by atoms with Gasteiger partial charge in [0, 0.05) is 23.0 Å². The summed E-state index contributed by atoms with van der Waals surface area (Å²) >= 11 is 3.48. The highest BCUT2D eigenvalue weighted by molar-refractivity contribution is 9.10. The first-order chi connectivity index (χ1) is 10.1. The van der Waals surface area contributed by atoms with Gasteiger partial charge in [0.15, 0.2) is 0 Å². The molecule has 0 heterocycles. The lowest BCUT2D eigenvalue weighted by atomic mass is 9.77. The van der Waals surface area contributed by atoms with Crippen LogP contribution in [0.1, 0.15) is 44.1 Å². The summed E-state index contributed by atoms with van der Waals surface area (Å²) in [5.74, 6) is 0.170. The molecule has 0 aliphatic heterocycles. The van der Waals surface area contributed by atoms with Gasteiger partial charge >= 0.3 is 0 Å². The van der Waals surface area contributed by atoms with E-state index in [9.17, 15) is 4.79 Å². The predicted octanol–water partition coefficient (Wildman–Crippen LogP) is 3.42. The second-order valence-electron chi connectivity index (χ2n) is 6.05. The molecule has 1 fully saturated rings. The van der Waals surface area contributed by atoms with Crippen LogP contribution in [-0.4, -0.2) is 25.0 Å². The van der Waals surface area contributed by atoms with Crippen LogP contribution in [0.4, 0.5) is 0 Å². The van der Waals surface area contributed by atoms with Crippen molar-refractivity contribution in [2.24, 2.45) is 0 Å². The second kappa shape index (κ2) is 7.95. The van der Waals surface area contributed by atoms with E-state index in [2.05, 4.69) is 50.8 Å². The maximum Gasteiger partial charge on any atom is 0.221 e. The number of benzene rings is 1. The summed E-state index contributed by atoms with van der Waals surface area (Å²) in [6, 6.07) is 8.46. The lowest BCUT2D eigenvalue weighted by molar-refractivity contribution is -0.123. The second-order valence-corrected chi connectivity index (χ2v) is 6.96. The Bertz CT molecular complexity index is 452. The molecule has 116 valence electrons. The SMILES string of the molecule is CNCCC(=O)NC1(Cc2ccc(Br)cc2)CCCCC1. The highest BCUT2D eigenvalue weighted by Crippen LogP contribution is 2.31. The van der Waals surface area contributed by atoms with Crippen LogP contribution in [0.15, 0.2) is 28.7 Å². The summed E-state index contributed by atoms with van der Waals surface area (Å²) < 4.78 is 1.10. The van der Waals surface area contributed by atoms with Crippen molar-refractivity contribution in [3.8, 4) is 0 Å². The lowest BCUT2D eigenvalue weighted by Gasteiger charge is -2.38. The van der Waals surface area contributed by atoms with Crippen molar-refractivity contribution in [3.63, 3.8) is 0 Å². The third-order valence-electron chi connectivity index (χ3n) is 4.27. The third-order valence-corrected chi connectivity index (χ3v) is 4.80. The number of amides is 1. The molecule has 2 N–H and O–H groups in total. The number of rotatable bonds is 6. The van der Waals surface area contributed by atoms with Crippen molar-refractivity contribution in [1.29, 1.82) is 0 Å². The summed E-state index contributed by atoms with van der Waals surface area (Å²) in [5, 5.41) is 6.38. The van der Waals surface area contributed by atoms with Gasteiger partial charge in [-0.3, -0.25) is 4.79 Å². The summed E-state index contributed by atoms with van der Waals surface area (Å²) in [4.78, 5) is 12.2. The monoisotopic (exact) mass is 352 g/mol. The first-order valence-electron chi connectivity index (χ1n) is 7.84.